The molecule has 0 spiro atoms. The van der Waals surface area contributed by atoms with Gasteiger partial charge in [0.1, 0.15) is 5.69 Å². The second-order valence-corrected chi connectivity index (χ2v) is 5.73. The molecule has 2 unspecified atom stereocenters. The fraction of sp³-hybridized carbons (Fsp3) is 0.615. The van der Waals surface area contributed by atoms with Crippen LogP contribution in [0.15, 0.2) is 16.7 Å². The number of amides is 1. The van der Waals surface area contributed by atoms with E-state index in [9.17, 15) is 4.79 Å². The van der Waals surface area contributed by atoms with Gasteiger partial charge in [0.25, 0.3) is 5.91 Å². The van der Waals surface area contributed by atoms with Crippen molar-refractivity contribution in [1.29, 1.82) is 0 Å². The Morgan fingerprint density at radius 1 is 1.61 bits per heavy atom. The van der Waals surface area contributed by atoms with Crippen LogP contribution in [0.3, 0.4) is 0 Å². The fourth-order valence-corrected chi connectivity index (χ4v) is 2.84. The molecule has 1 aromatic heterocycles. The molecule has 2 rings (SSSR count). The summed E-state index contributed by atoms with van der Waals surface area (Å²) in [5.74, 6) is 0.0881. The average Bonchev–Trinajstić information content (AvgIpc) is 2.67. The van der Waals surface area contributed by atoms with Gasteiger partial charge in [-0.05, 0) is 35.3 Å². The van der Waals surface area contributed by atoms with Crippen molar-refractivity contribution in [2.45, 2.75) is 32.4 Å². The van der Waals surface area contributed by atoms with E-state index >= 15 is 0 Å². The predicted molar refractivity (Wildman–Crippen MR) is 73.6 cm³/mol. The highest BCUT2D eigenvalue weighted by Crippen LogP contribution is 2.20. The molecule has 2 atom stereocenters. The van der Waals surface area contributed by atoms with E-state index < -0.39 is 0 Å². The molecule has 1 amide bonds. The third-order valence-corrected chi connectivity index (χ3v) is 3.82. The number of hydrogen-bond acceptors (Lipinski definition) is 2. The second-order valence-electron chi connectivity index (χ2n) is 4.82. The van der Waals surface area contributed by atoms with Crippen molar-refractivity contribution in [3.8, 4) is 0 Å². The molecule has 1 aliphatic heterocycles. The van der Waals surface area contributed by atoms with Crippen LogP contribution in [0.25, 0.3) is 0 Å². The average molecular weight is 315 g/mol. The lowest BCUT2D eigenvalue weighted by Crippen LogP contribution is -2.51. The van der Waals surface area contributed by atoms with Gasteiger partial charge in [-0.2, -0.15) is 0 Å². The SMILES string of the molecule is CCC1COC(C)CN1C(=O)c1cc(Br)cn1C. The number of ether oxygens (including phenoxy) is 1. The zero-order valence-corrected chi connectivity index (χ0v) is 12.6. The Morgan fingerprint density at radius 2 is 2.33 bits per heavy atom. The Balaban J connectivity index is 2.23. The van der Waals surface area contributed by atoms with Crippen LogP contribution in [0.1, 0.15) is 30.8 Å². The summed E-state index contributed by atoms with van der Waals surface area (Å²) < 4.78 is 8.42. The smallest absolute Gasteiger partial charge is 0.270 e. The number of morpholine rings is 1. The van der Waals surface area contributed by atoms with Gasteiger partial charge in [0.15, 0.2) is 0 Å². The molecule has 100 valence electrons. The lowest BCUT2D eigenvalue weighted by Gasteiger charge is -2.38. The van der Waals surface area contributed by atoms with Gasteiger partial charge in [0.2, 0.25) is 0 Å². The van der Waals surface area contributed by atoms with Gasteiger partial charge in [-0.3, -0.25) is 4.79 Å². The van der Waals surface area contributed by atoms with Crippen molar-refractivity contribution < 1.29 is 9.53 Å². The first-order chi connectivity index (χ1) is 8.52. The van der Waals surface area contributed by atoms with Gasteiger partial charge in [-0.25, -0.2) is 0 Å². The van der Waals surface area contributed by atoms with Crippen LogP contribution >= 0.6 is 15.9 Å². The number of hydrogen-bond donors (Lipinski definition) is 0. The van der Waals surface area contributed by atoms with Gasteiger partial charge in [0.05, 0.1) is 18.8 Å². The Labute approximate surface area is 116 Å². The zero-order valence-electron chi connectivity index (χ0n) is 11.0. The number of halogens is 1. The van der Waals surface area contributed by atoms with Gasteiger partial charge in [0, 0.05) is 24.3 Å². The van der Waals surface area contributed by atoms with E-state index in [4.69, 9.17) is 4.74 Å². The zero-order chi connectivity index (χ0) is 13.3. The standard InChI is InChI=1S/C13H19BrN2O2/c1-4-11-8-18-9(2)6-16(11)13(17)12-5-10(14)7-15(12)3/h5,7,9,11H,4,6,8H2,1-3H3. The van der Waals surface area contributed by atoms with Crippen LogP contribution in [-0.2, 0) is 11.8 Å². The van der Waals surface area contributed by atoms with Gasteiger partial charge in [-0.1, -0.05) is 6.92 Å². The van der Waals surface area contributed by atoms with Crippen molar-refractivity contribution in [3.05, 3.63) is 22.4 Å². The lowest BCUT2D eigenvalue weighted by atomic mass is 10.1. The second kappa shape index (κ2) is 5.45. The molecular weight excluding hydrogens is 296 g/mol. The topological polar surface area (TPSA) is 34.5 Å². The number of carbonyl (C=O) groups is 1. The summed E-state index contributed by atoms with van der Waals surface area (Å²) in [4.78, 5) is 14.5. The van der Waals surface area contributed by atoms with Crippen LogP contribution in [-0.4, -0.2) is 40.7 Å². The molecule has 0 N–H and O–H groups in total. The van der Waals surface area contributed by atoms with Crippen molar-refractivity contribution >= 4 is 21.8 Å². The highest BCUT2D eigenvalue weighted by Gasteiger charge is 2.31. The Morgan fingerprint density at radius 3 is 2.89 bits per heavy atom. The fourth-order valence-electron chi connectivity index (χ4n) is 2.32. The van der Waals surface area contributed by atoms with Crippen LogP contribution in [0, 0.1) is 0 Å². The van der Waals surface area contributed by atoms with E-state index in [1.54, 1.807) is 0 Å². The van der Waals surface area contributed by atoms with Crippen LogP contribution in [0.4, 0.5) is 0 Å². The van der Waals surface area contributed by atoms with Crippen LogP contribution in [0.5, 0.6) is 0 Å². The number of rotatable bonds is 2. The van der Waals surface area contributed by atoms with Crippen molar-refractivity contribution in [1.82, 2.24) is 9.47 Å². The first-order valence-corrected chi connectivity index (χ1v) is 7.06. The van der Waals surface area contributed by atoms with E-state index in [1.165, 1.54) is 0 Å². The van der Waals surface area contributed by atoms with E-state index in [0.29, 0.717) is 13.2 Å². The largest absolute Gasteiger partial charge is 0.375 e. The Bertz CT molecular complexity index is 444. The molecule has 0 aromatic carbocycles. The summed E-state index contributed by atoms with van der Waals surface area (Å²) in [6.45, 7) is 5.40. The minimum Gasteiger partial charge on any atom is -0.375 e. The maximum absolute atomic E-state index is 12.6. The van der Waals surface area contributed by atoms with E-state index in [0.717, 1.165) is 16.6 Å². The molecule has 1 fully saturated rings. The summed E-state index contributed by atoms with van der Waals surface area (Å²) in [6.07, 6.45) is 2.93. The molecule has 0 aliphatic carbocycles. The molecule has 18 heavy (non-hydrogen) atoms. The molecule has 0 bridgehead atoms. The van der Waals surface area contributed by atoms with Crippen LogP contribution < -0.4 is 0 Å². The number of aromatic nitrogens is 1. The number of nitrogens with zero attached hydrogens (tertiary/aromatic N) is 2. The summed E-state index contributed by atoms with van der Waals surface area (Å²) in [6, 6.07) is 2.05. The summed E-state index contributed by atoms with van der Waals surface area (Å²) in [7, 11) is 1.89. The minimum atomic E-state index is 0.0881. The summed E-state index contributed by atoms with van der Waals surface area (Å²) in [5.41, 5.74) is 0.717. The lowest BCUT2D eigenvalue weighted by molar-refractivity contribution is -0.0447. The van der Waals surface area contributed by atoms with E-state index in [1.807, 2.05) is 35.7 Å². The highest BCUT2D eigenvalue weighted by molar-refractivity contribution is 9.10. The molecule has 0 radical (unpaired) electrons. The van der Waals surface area contributed by atoms with Crippen molar-refractivity contribution in [2.75, 3.05) is 13.2 Å². The molecule has 0 saturated carbocycles. The summed E-state index contributed by atoms with van der Waals surface area (Å²) >= 11 is 3.40. The van der Waals surface area contributed by atoms with E-state index in [-0.39, 0.29) is 18.1 Å². The molecular formula is C13H19BrN2O2. The summed E-state index contributed by atoms with van der Waals surface area (Å²) in [5, 5.41) is 0. The molecule has 2 heterocycles. The normalized spacial score (nSPS) is 24.3. The van der Waals surface area contributed by atoms with Crippen molar-refractivity contribution in [3.63, 3.8) is 0 Å². The van der Waals surface area contributed by atoms with Gasteiger partial charge in [-0.15, -0.1) is 0 Å². The Hall–Kier alpha value is -0.810. The molecule has 1 aromatic rings. The monoisotopic (exact) mass is 314 g/mol. The first-order valence-electron chi connectivity index (χ1n) is 6.27. The third kappa shape index (κ3) is 2.62. The Kier molecular flexibility index (Phi) is 4.12. The quantitative estimate of drug-likeness (QED) is 0.840. The maximum atomic E-state index is 12.6. The maximum Gasteiger partial charge on any atom is 0.270 e. The molecule has 1 saturated heterocycles. The third-order valence-electron chi connectivity index (χ3n) is 3.39. The first kappa shape index (κ1) is 13.6. The molecule has 1 aliphatic rings. The highest BCUT2D eigenvalue weighted by atomic mass is 79.9. The van der Waals surface area contributed by atoms with Gasteiger partial charge < -0.3 is 14.2 Å². The van der Waals surface area contributed by atoms with Crippen LogP contribution in [0.2, 0.25) is 0 Å². The molecule has 5 heteroatoms. The number of aryl methyl sites for hydroxylation is 1. The number of carbonyl (C=O) groups excluding carboxylic acids is 1. The predicted octanol–water partition coefficient (Wildman–Crippen LogP) is 2.43. The molecule has 4 nitrogen and oxygen atoms in total. The van der Waals surface area contributed by atoms with Crippen molar-refractivity contribution in [2.24, 2.45) is 7.05 Å². The van der Waals surface area contributed by atoms with Gasteiger partial charge >= 0.3 is 0 Å². The minimum absolute atomic E-state index is 0.0881. The van der Waals surface area contributed by atoms with E-state index in [2.05, 4.69) is 22.9 Å².